The molecule has 7 heteroatoms. The average Bonchev–Trinajstić information content (AvgIpc) is 2.31. The second-order valence-corrected chi connectivity index (χ2v) is 7.62. The predicted octanol–water partition coefficient (Wildman–Crippen LogP) is 5.09. The molecule has 0 bridgehead atoms. The van der Waals surface area contributed by atoms with E-state index in [1.54, 1.807) is 11.8 Å². The van der Waals surface area contributed by atoms with Crippen LogP contribution >= 0.6 is 81.7 Å². The van der Waals surface area contributed by atoms with Gasteiger partial charge in [0.25, 0.3) is 0 Å². The van der Waals surface area contributed by atoms with Crippen molar-refractivity contribution in [2.24, 2.45) is 0 Å². The number of hydrogen-bond donors (Lipinski definition) is 0. The van der Waals surface area contributed by atoms with Crippen LogP contribution in [0.15, 0.2) is 0 Å². The minimum atomic E-state index is 0.738. The minimum absolute atomic E-state index is 0.738. The molecule has 0 amide bonds. The summed E-state index contributed by atoms with van der Waals surface area (Å²) in [5, 5.41) is 1.12. The van der Waals surface area contributed by atoms with Crippen molar-refractivity contribution in [1.29, 1.82) is 0 Å². The van der Waals surface area contributed by atoms with Crippen LogP contribution in [0.4, 0.5) is 0 Å². The molecule has 16 heavy (non-hydrogen) atoms. The van der Waals surface area contributed by atoms with E-state index < -0.39 is 0 Å². The average molecular weight is 364 g/mol. The third-order valence-electron chi connectivity index (χ3n) is 1.05. The largest absolute Gasteiger partial charge is 0.160 e. The van der Waals surface area contributed by atoms with Crippen LogP contribution in [0.5, 0.6) is 0 Å². The predicted molar refractivity (Wildman–Crippen MR) is 90.0 cm³/mol. The highest BCUT2D eigenvalue weighted by Gasteiger charge is 1.87. The molecule has 0 saturated carbocycles. The third-order valence-corrected chi connectivity index (χ3v) is 6.01. The van der Waals surface area contributed by atoms with Crippen LogP contribution in [0.3, 0.4) is 0 Å². The fourth-order valence-corrected chi connectivity index (χ4v) is 3.86. The number of alkyl halides is 4. The molecule has 0 atom stereocenters. The molecular formula is C9H18Cl4S3. The van der Waals surface area contributed by atoms with Gasteiger partial charge in [0.05, 0.1) is 0 Å². The molecule has 0 aromatic carbocycles. The maximum atomic E-state index is 5.46. The lowest BCUT2D eigenvalue weighted by Gasteiger charge is -1.95. The Morgan fingerprint density at radius 2 is 0.812 bits per heavy atom. The Hall–Kier alpha value is 2.21. The molecule has 0 rings (SSSR count). The lowest BCUT2D eigenvalue weighted by molar-refractivity contribution is 1.47. The molecule has 0 aromatic rings. The summed E-state index contributed by atoms with van der Waals surface area (Å²) in [6.45, 7) is 0. The Morgan fingerprint density at radius 1 is 0.500 bits per heavy atom. The molecule has 0 aromatic heterocycles. The molecule has 0 nitrogen and oxygen atoms in total. The van der Waals surface area contributed by atoms with Gasteiger partial charge in [-0.2, -0.15) is 11.8 Å². The van der Waals surface area contributed by atoms with Crippen molar-refractivity contribution in [1.82, 2.24) is 0 Å². The van der Waals surface area contributed by atoms with Gasteiger partial charge in [-0.25, -0.2) is 0 Å². The smallest absolute Gasteiger partial charge is 0.0392 e. The highest BCUT2D eigenvalue weighted by Crippen LogP contribution is 2.11. The van der Waals surface area contributed by atoms with Crippen LogP contribution < -0.4 is 0 Å². The summed E-state index contributed by atoms with van der Waals surface area (Å²) in [7, 11) is 0. The van der Waals surface area contributed by atoms with Crippen molar-refractivity contribution in [2.45, 2.75) is 0 Å². The van der Waals surface area contributed by atoms with Gasteiger partial charge >= 0.3 is 0 Å². The van der Waals surface area contributed by atoms with E-state index in [1.165, 1.54) is 0 Å². The fourth-order valence-electron chi connectivity index (χ4n) is 0.497. The highest BCUT2D eigenvalue weighted by atomic mass is 35.5. The summed E-state index contributed by atoms with van der Waals surface area (Å²) < 4.78 is 0. The summed E-state index contributed by atoms with van der Waals surface area (Å²) in [5.74, 6) is 7.14. The monoisotopic (exact) mass is 362 g/mol. The molecule has 0 aliphatic carbocycles. The first-order chi connectivity index (χ1) is 7.83. The first-order valence-electron chi connectivity index (χ1n) is 4.80. The molecule has 0 N–H and O–H groups in total. The topological polar surface area (TPSA) is 0 Å². The van der Waals surface area contributed by atoms with Crippen molar-refractivity contribution in [3.8, 4) is 0 Å². The Bertz CT molecular complexity index is 98.8. The van der Waals surface area contributed by atoms with Gasteiger partial charge in [0, 0.05) is 51.6 Å². The second kappa shape index (κ2) is 22.4. The van der Waals surface area contributed by atoms with E-state index in [4.69, 9.17) is 46.4 Å². The molecule has 0 unspecified atom stereocenters. The van der Waals surface area contributed by atoms with E-state index in [0.717, 1.165) is 51.6 Å². The zero-order valence-electron chi connectivity index (χ0n) is 9.10. The van der Waals surface area contributed by atoms with Crippen molar-refractivity contribution in [3.05, 3.63) is 0 Å². The van der Waals surface area contributed by atoms with Crippen LogP contribution in [0.1, 0.15) is 0 Å². The lowest BCUT2D eigenvalue weighted by atomic mass is 10.9. The maximum Gasteiger partial charge on any atom is 0.0392 e. The Balaban J connectivity index is 0. The summed E-state index contributed by atoms with van der Waals surface area (Å²) in [5.41, 5.74) is 0. The van der Waals surface area contributed by atoms with Crippen LogP contribution in [0, 0.1) is 0 Å². The highest BCUT2D eigenvalue weighted by molar-refractivity contribution is 8.16. The zero-order chi connectivity index (χ0) is 12.5. The van der Waals surface area contributed by atoms with Gasteiger partial charge in [-0.1, -0.05) is 0 Å². The summed E-state index contributed by atoms with van der Waals surface area (Å²) in [6.07, 6.45) is 0. The summed E-state index contributed by atoms with van der Waals surface area (Å²) in [4.78, 5) is 0. The van der Waals surface area contributed by atoms with Crippen LogP contribution in [-0.2, 0) is 0 Å². The first-order valence-corrected chi connectivity index (χ1v) is 10.4. The van der Waals surface area contributed by atoms with E-state index in [2.05, 4.69) is 0 Å². The van der Waals surface area contributed by atoms with Crippen molar-refractivity contribution < 1.29 is 0 Å². The number of rotatable bonds is 10. The van der Waals surface area contributed by atoms with E-state index in [1.807, 2.05) is 23.5 Å². The van der Waals surface area contributed by atoms with Crippen LogP contribution in [-0.4, -0.2) is 51.6 Å². The summed E-state index contributed by atoms with van der Waals surface area (Å²) >= 11 is 27.2. The molecule has 0 saturated heterocycles. The number of thioether (sulfide) groups is 3. The normalized spacial score (nSPS) is 9.75. The molecular weight excluding hydrogens is 346 g/mol. The van der Waals surface area contributed by atoms with Gasteiger partial charge in [0.15, 0.2) is 0 Å². The second-order valence-electron chi connectivity index (χ2n) is 2.30. The fraction of sp³-hybridized carbons (Fsp3) is 1.00. The van der Waals surface area contributed by atoms with E-state index in [0.29, 0.717) is 0 Å². The van der Waals surface area contributed by atoms with E-state index >= 15 is 0 Å². The van der Waals surface area contributed by atoms with Crippen LogP contribution in [0.2, 0.25) is 0 Å². The van der Waals surface area contributed by atoms with Gasteiger partial charge in [0.2, 0.25) is 0 Å². The SMILES string of the molecule is ClCCSCCCl.ClCCSCSCCCl. The van der Waals surface area contributed by atoms with Gasteiger partial charge in [-0.15, -0.1) is 69.9 Å². The van der Waals surface area contributed by atoms with Crippen molar-refractivity contribution in [3.63, 3.8) is 0 Å². The van der Waals surface area contributed by atoms with Crippen LogP contribution in [0.25, 0.3) is 0 Å². The summed E-state index contributed by atoms with van der Waals surface area (Å²) in [6, 6.07) is 0. The van der Waals surface area contributed by atoms with Gasteiger partial charge in [-0.3, -0.25) is 0 Å². The molecule has 0 aliphatic rings. The Kier molecular flexibility index (Phi) is 28.7. The first kappa shape index (κ1) is 20.5. The minimum Gasteiger partial charge on any atom is -0.160 e. The Morgan fingerprint density at radius 3 is 1.12 bits per heavy atom. The zero-order valence-corrected chi connectivity index (χ0v) is 14.6. The van der Waals surface area contributed by atoms with E-state index in [9.17, 15) is 0 Å². The maximum absolute atomic E-state index is 5.46. The molecule has 0 aliphatic heterocycles. The lowest BCUT2D eigenvalue weighted by Crippen LogP contribution is -1.83. The molecule has 100 valence electrons. The van der Waals surface area contributed by atoms with Crippen molar-refractivity contribution >= 4 is 81.7 Å². The third kappa shape index (κ3) is 25.2. The van der Waals surface area contributed by atoms with Gasteiger partial charge < -0.3 is 0 Å². The van der Waals surface area contributed by atoms with E-state index in [-0.39, 0.29) is 0 Å². The molecule has 0 fully saturated rings. The standard InChI is InChI=1S/C5H10Cl2S2.C4H8Cl2S/c6-1-3-8-5-9-4-2-7;5-1-3-7-4-2-6/h1-5H2;1-4H2. The molecule has 0 radical (unpaired) electrons. The number of hydrogen-bond acceptors (Lipinski definition) is 3. The quantitative estimate of drug-likeness (QED) is 0.301. The molecule has 0 spiro atoms. The molecule has 0 heterocycles. The van der Waals surface area contributed by atoms with Gasteiger partial charge in [-0.05, 0) is 0 Å². The van der Waals surface area contributed by atoms with Gasteiger partial charge in [0.1, 0.15) is 0 Å². The number of halogens is 4. The van der Waals surface area contributed by atoms with Crippen molar-refractivity contribution in [2.75, 3.05) is 51.6 Å². The Labute approximate surface area is 132 Å².